The molecular formula is C10H14N6OS. The zero-order chi connectivity index (χ0) is 13.3. The fraction of sp³-hybridized carbons (Fsp3) is 0.300. The molecule has 0 spiro atoms. The van der Waals surface area contributed by atoms with E-state index < -0.39 is 5.91 Å². The smallest absolute Gasteiger partial charge is 0.240 e. The highest BCUT2D eigenvalue weighted by atomic mass is 32.1. The van der Waals surface area contributed by atoms with Crippen LogP contribution in [0.5, 0.6) is 0 Å². The SMILES string of the molecule is Cc1cc2c(N(C)CC(N)=O)nc(NN)nc2s1. The Morgan fingerprint density at radius 3 is 2.89 bits per heavy atom. The molecule has 5 N–H and O–H groups in total. The largest absolute Gasteiger partial charge is 0.368 e. The lowest BCUT2D eigenvalue weighted by Crippen LogP contribution is -2.31. The van der Waals surface area contributed by atoms with Gasteiger partial charge in [-0.05, 0) is 13.0 Å². The number of nitrogen functional groups attached to an aromatic ring is 1. The summed E-state index contributed by atoms with van der Waals surface area (Å²) in [5, 5.41) is 0.889. The van der Waals surface area contributed by atoms with Gasteiger partial charge in [-0.3, -0.25) is 10.2 Å². The summed E-state index contributed by atoms with van der Waals surface area (Å²) in [7, 11) is 1.75. The predicted octanol–water partition coefficient (Wildman–Crippen LogP) is 0.207. The Balaban J connectivity index is 2.55. The van der Waals surface area contributed by atoms with Crippen molar-refractivity contribution in [3.63, 3.8) is 0 Å². The van der Waals surface area contributed by atoms with Crippen molar-refractivity contribution in [1.29, 1.82) is 0 Å². The number of nitrogens with one attached hydrogen (secondary N) is 1. The maximum Gasteiger partial charge on any atom is 0.240 e. The zero-order valence-electron chi connectivity index (χ0n) is 10.1. The first-order valence-corrected chi connectivity index (χ1v) is 6.07. The molecule has 18 heavy (non-hydrogen) atoms. The average Bonchev–Trinajstić information content (AvgIpc) is 2.66. The topological polar surface area (TPSA) is 110 Å². The van der Waals surface area contributed by atoms with Crippen LogP contribution in [0.3, 0.4) is 0 Å². The molecule has 8 heteroatoms. The molecule has 0 aromatic carbocycles. The average molecular weight is 266 g/mol. The highest BCUT2D eigenvalue weighted by molar-refractivity contribution is 7.18. The monoisotopic (exact) mass is 266 g/mol. The van der Waals surface area contributed by atoms with Crippen LogP contribution in [0.15, 0.2) is 6.07 Å². The Kier molecular flexibility index (Phi) is 3.30. The number of hydrogen-bond acceptors (Lipinski definition) is 7. The molecule has 0 aliphatic rings. The Morgan fingerprint density at radius 2 is 2.28 bits per heavy atom. The third-order valence-corrected chi connectivity index (χ3v) is 3.32. The van der Waals surface area contributed by atoms with Crippen molar-refractivity contribution in [2.75, 3.05) is 23.9 Å². The second-order valence-corrected chi connectivity index (χ2v) is 5.15. The number of amides is 1. The zero-order valence-corrected chi connectivity index (χ0v) is 10.9. The van der Waals surface area contributed by atoms with Gasteiger partial charge < -0.3 is 10.6 Å². The number of thiophene rings is 1. The number of carbonyl (C=O) groups excluding carboxylic acids is 1. The van der Waals surface area contributed by atoms with Crippen LogP contribution >= 0.6 is 11.3 Å². The highest BCUT2D eigenvalue weighted by Crippen LogP contribution is 2.30. The van der Waals surface area contributed by atoms with E-state index in [1.165, 1.54) is 0 Å². The number of nitrogens with two attached hydrogens (primary N) is 2. The third-order valence-electron chi connectivity index (χ3n) is 2.38. The molecular weight excluding hydrogens is 252 g/mol. The minimum absolute atomic E-state index is 0.0883. The molecule has 7 nitrogen and oxygen atoms in total. The van der Waals surface area contributed by atoms with Gasteiger partial charge in [-0.1, -0.05) is 0 Å². The van der Waals surface area contributed by atoms with Crippen molar-refractivity contribution < 1.29 is 4.79 Å². The van der Waals surface area contributed by atoms with Crippen LogP contribution in [0.2, 0.25) is 0 Å². The molecule has 0 unspecified atom stereocenters. The minimum atomic E-state index is -0.418. The van der Waals surface area contributed by atoms with Crippen LogP contribution < -0.4 is 21.9 Å². The Labute approximate surface area is 108 Å². The van der Waals surface area contributed by atoms with Crippen LogP contribution in [0, 0.1) is 6.92 Å². The number of nitrogens with zero attached hydrogens (tertiary/aromatic N) is 3. The summed E-state index contributed by atoms with van der Waals surface area (Å²) in [5.41, 5.74) is 7.61. The number of primary amides is 1. The maximum atomic E-state index is 11.0. The number of hydrogen-bond donors (Lipinski definition) is 3. The second-order valence-electron chi connectivity index (χ2n) is 3.91. The van der Waals surface area contributed by atoms with Gasteiger partial charge in [0.25, 0.3) is 0 Å². The van der Waals surface area contributed by atoms with E-state index in [4.69, 9.17) is 11.6 Å². The van der Waals surface area contributed by atoms with Crippen molar-refractivity contribution >= 4 is 39.2 Å². The van der Waals surface area contributed by atoms with Crippen molar-refractivity contribution in [2.24, 2.45) is 11.6 Å². The summed E-state index contributed by atoms with van der Waals surface area (Å²) >= 11 is 1.54. The molecule has 96 valence electrons. The first-order chi connectivity index (χ1) is 8.51. The number of hydrazine groups is 1. The van der Waals surface area contributed by atoms with E-state index in [2.05, 4.69) is 15.4 Å². The number of rotatable bonds is 4. The standard InChI is InChI=1S/C10H14N6OS/c1-5-3-6-8(16(2)4-7(11)17)13-10(15-12)14-9(6)18-5/h3H,4,12H2,1-2H3,(H2,11,17)(H,13,14,15). The van der Waals surface area contributed by atoms with E-state index in [9.17, 15) is 4.79 Å². The maximum absolute atomic E-state index is 11.0. The molecule has 1 amide bonds. The number of anilines is 2. The van der Waals surface area contributed by atoms with Crippen molar-refractivity contribution in [3.05, 3.63) is 10.9 Å². The molecule has 0 saturated heterocycles. The molecule has 0 aliphatic heterocycles. The molecule has 0 fully saturated rings. The van der Waals surface area contributed by atoms with Gasteiger partial charge in [-0.2, -0.15) is 4.98 Å². The highest BCUT2D eigenvalue weighted by Gasteiger charge is 2.14. The van der Waals surface area contributed by atoms with Crippen LogP contribution in [0.1, 0.15) is 4.88 Å². The van der Waals surface area contributed by atoms with Gasteiger partial charge in [0.05, 0.1) is 11.9 Å². The van der Waals surface area contributed by atoms with Crippen molar-refractivity contribution in [3.8, 4) is 0 Å². The fourth-order valence-electron chi connectivity index (χ4n) is 1.69. The fourth-order valence-corrected chi connectivity index (χ4v) is 2.57. The number of aromatic nitrogens is 2. The van der Waals surface area contributed by atoms with E-state index >= 15 is 0 Å². The van der Waals surface area contributed by atoms with Crippen molar-refractivity contribution in [2.45, 2.75) is 6.92 Å². The van der Waals surface area contributed by atoms with E-state index in [1.54, 1.807) is 23.3 Å². The van der Waals surface area contributed by atoms with Gasteiger partial charge in [0.15, 0.2) is 0 Å². The normalized spacial score (nSPS) is 10.6. The van der Waals surface area contributed by atoms with Gasteiger partial charge in [0.2, 0.25) is 11.9 Å². The Morgan fingerprint density at radius 1 is 1.56 bits per heavy atom. The quantitative estimate of drug-likeness (QED) is 0.539. The number of likely N-dealkylation sites (N-methyl/N-ethyl adjacent to an activating group) is 1. The van der Waals surface area contributed by atoms with E-state index in [-0.39, 0.29) is 6.54 Å². The van der Waals surface area contributed by atoms with E-state index in [0.717, 1.165) is 15.1 Å². The van der Waals surface area contributed by atoms with Gasteiger partial charge in [0, 0.05) is 11.9 Å². The third kappa shape index (κ3) is 2.34. The van der Waals surface area contributed by atoms with Crippen LogP contribution in [-0.4, -0.2) is 29.5 Å². The number of fused-ring (bicyclic) bond motifs is 1. The van der Waals surface area contributed by atoms with Gasteiger partial charge >= 0.3 is 0 Å². The second kappa shape index (κ2) is 4.75. The van der Waals surface area contributed by atoms with E-state index in [1.807, 2.05) is 13.0 Å². The lowest BCUT2D eigenvalue weighted by atomic mass is 10.3. The molecule has 0 bridgehead atoms. The molecule has 2 aromatic heterocycles. The molecule has 0 saturated carbocycles. The van der Waals surface area contributed by atoms with Crippen LogP contribution in [0.4, 0.5) is 11.8 Å². The van der Waals surface area contributed by atoms with Crippen LogP contribution in [0.25, 0.3) is 10.2 Å². The number of carbonyl (C=O) groups is 1. The predicted molar refractivity (Wildman–Crippen MR) is 72.4 cm³/mol. The van der Waals surface area contributed by atoms with Crippen molar-refractivity contribution in [1.82, 2.24) is 9.97 Å². The lowest BCUT2D eigenvalue weighted by Gasteiger charge is -2.17. The number of aryl methyl sites for hydroxylation is 1. The molecule has 0 radical (unpaired) electrons. The summed E-state index contributed by atoms with van der Waals surface area (Å²) in [5.74, 6) is 5.87. The van der Waals surface area contributed by atoms with Gasteiger partial charge in [0.1, 0.15) is 10.6 Å². The summed E-state index contributed by atoms with van der Waals surface area (Å²) in [6.45, 7) is 2.07. The van der Waals surface area contributed by atoms with Gasteiger partial charge in [-0.15, -0.1) is 11.3 Å². The summed E-state index contributed by atoms with van der Waals surface area (Å²) < 4.78 is 0. The minimum Gasteiger partial charge on any atom is -0.368 e. The van der Waals surface area contributed by atoms with Crippen LogP contribution in [-0.2, 0) is 4.79 Å². The molecule has 0 aliphatic carbocycles. The lowest BCUT2D eigenvalue weighted by molar-refractivity contribution is -0.116. The first kappa shape index (κ1) is 12.5. The Bertz CT molecular complexity index is 595. The molecule has 2 rings (SSSR count). The summed E-state index contributed by atoms with van der Waals surface area (Å²) in [4.78, 5) is 23.1. The van der Waals surface area contributed by atoms with E-state index in [0.29, 0.717) is 11.8 Å². The molecule has 0 atom stereocenters. The molecule has 2 heterocycles. The van der Waals surface area contributed by atoms with Gasteiger partial charge in [-0.25, -0.2) is 10.8 Å². The molecule has 2 aromatic rings. The first-order valence-electron chi connectivity index (χ1n) is 5.25. The summed E-state index contributed by atoms with van der Waals surface area (Å²) in [6.07, 6.45) is 0. The summed E-state index contributed by atoms with van der Waals surface area (Å²) in [6, 6.07) is 1.98. The Hall–Kier alpha value is -1.93.